The smallest absolute Gasteiger partial charge is 0.148 e. The fraction of sp³-hybridized carbons (Fsp3) is 0.400. The van der Waals surface area contributed by atoms with Gasteiger partial charge in [0, 0.05) is 43.3 Å². The Morgan fingerprint density at radius 2 is 1.97 bits per heavy atom. The molecular formula is C25H27N5OS. The van der Waals surface area contributed by atoms with Crippen molar-refractivity contribution in [2.24, 2.45) is 0 Å². The molecule has 1 aromatic heterocycles. The Hall–Kier alpha value is -2.79. The summed E-state index contributed by atoms with van der Waals surface area (Å²) < 4.78 is 5.75. The van der Waals surface area contributed by atoms with E-state index in [0.717, 1.165) is 48.2 Å². The van der Waals surface area contributed by atoms with Crippen molar-refractivity contribution in [1.82, 2.24) is 20.4 Å². The van der Waals surface area contributed by atoms with Crippen molar-refractivity contribution in [2.45, 2.75) is 38.8 Å². The van der Waals surface area contributed by atoms with E-state index in [-0.39, 0.29) is 6.10 Å². The molecule has 0 bridgehead atoms. The first-order chi connectivity index (χ1) is 15.6. The van der Waals surface area contributed by atoms with Gasteiger partial charge in [-0.25, -0.2) is 0 Å². The molecule has 0 amide bonds. The topological polar surface area (TPSA) is 74.1 Å². The number of benzene rings is 2. The molecule has 1 N–H and O–H groups in total. The lowest BCUT2D eigenvalue weighted by Crippen LogP contribution is -2.44. The highest BCUT2D eigenvalue weighted by atomic mass is 32.1. The van der Waals surface area contributed by atoms with Crippen molar-refractivity contribution in [3.05, 3.63) is 53.1 Å². The highest BCUT2D eigenvalue weighted by Crippen LogP contribution is 2.42. The second-order valence-corrected chi connectivity index (χ2v) is 9.59. The zero-order chi connectivity index (χ0) is 22.1. The third kappa shape index (κ3) is 4.02. The van der Waals surface area contributed by atoms with Gasteiger partial charge in [0.1, 0.15) is 21.8 Å². The summed E-state index contributed by atoms with van der Waals surface area (Å²) in [7, 11) is 0. The van der Waals surface area contributed by atoms with Gasteiger partial charge < -0.3 is 10.1 Å². The Kier molecular flexibility index (Phi) is 5.92. The Bertz CT molecular complexity index is 1160. The van der Waals surface area contributed by atoms with Crippen molar-refractivity contribution < 1.29 is 4.74 Å². The molecule has 1 aliphatic carbocycles. The van der Waals surface area contributed by atoms with E-state index < -0.39 is 0 Å². The average Bonchev–Trinajstić information content (AvgIpc) is 3.47. The van der Waals surface area contributed by atoms with Gasteiger partial charge in [-0.05, 0) is 56.0 Å². The number of fused-ring (bicyclic) bond motifs is 1. The van der Waals surface area contributed by atoms with E-state index in [4.69, 9.17) is 4.74 Å². The van der Waals surface area contributed by atoms with Crippen molar-refractivity contribution in [2.75, 3.05) is 26.2 Å². The van der Waals surface area contributed by atoms with Gasteiger partial charge >= 0.3 is 0 Å². The van der Waals surface area contributed by atoms with Crippen molar-refractivity contribution in [1.29, 1.82) is 5.26 Å². The van der Waals surface area contributed by atoms with E-state index in [0.29, 0.717) is 17.4 Å². The largest absolute Gasteiger partial charge is 0.490 e. The Morgan fingerprint density at radius 3 is 2.75 bits per heavy atom. The van der Waals surface area contributed by atoms with Crippen LogP contribution in [0.4, 0.5) is 0 Å². The number of nitrogens with one attached hydrogen (secondary N) is 1. The van der Waals surface area contributed by atoms with Crippen LogP contribution in [0.1, 0.15) is 43.0 Å². The molecule has 2 aromatic carbocycles. The van der Waals surface area contributed by atoms with Gasteiger partial charge in [0.05, 0.1) is 11.7 Å². The molecule has 0 saturated carbocycles. The molecule has 7 heteroatoms. The maximum absolute atomic E-state index is 9.55. The minimum absolute atomic E-state index is 0.0197. The van der Waals surface area contributed by atoms with Crippen LogP contribution in [-0.4, -0.2) is 47.4 Å². The molecule has 6 nitrogen and oxygen atoms in total. The quantitative estimate of drug-likeness (QED) is 0.627. The van der Waals surface area contributed by atoms with E-state index in [1.165, 1.54) is 23.1 Å². The fourth-order valence-electron chi connectivity index (χ4n) is 4.76. The first kappa shape index (κ1) is 21.1. The van der Waals surface area contributed by atoms with Gasteiger partial charge in [-0.3, -0.25) is 4.90 Å². The summed E-state index contributed by atoms with van der Waals surface area (Å²) in [4.78, 5) is 2.61. The van der Waals surface area contributed by atoms with E-state index in [1.807, 2.05) is 32.0 Å². The molecule has 2 aliphatic rings. The van der Waals surface area contributed by atoms with Crippen LogP contribution in [0, 0.1) is 11.3 Å². The number of rotatable bonds is 5. The summed E-state index contributed by atoms with van der Waals surface area (Å²) >= 11 is 1.58. The molecule has 32 heavy (non-hydrogen) atoms. The second-order valence-electron chi connectivity index (χ2n) is 8.62. The molecule has 2 heterocycles. The fourth-order valence-corrected chi connectivity index (χ4v) is 5.65. The number of hydrogen-bond acceptors (Lipinski definition) is 7. The van der Waals surface area contributed by atoms with Gasteiger partial charge in [-0.1, -0.05) is 29.5 Å². The predicted molar refractivity (Wildman–Crippen MR) is 127 cm³/mol. The first-order valence-corrected chi connectivity index (χ1v) is 12.1. The maximum atomic E-state index is 9.55. The number of nitriles is 1. The zero-order valence-electron chi connectivity index (χ0n) is 18.5. The van der Waals surface area contributed by atoms with Gasteiger partial charge in [0.15, 0.2) is 0 Å². The maximum Gasteiger partial charge on any atom is 0.148 e. The number of nitrogens with zero attached hydrogens (tertiary/aromatic N) is 4. The van der Waals surface area contributed by atoms with Crippen LogP contribution in [0.5, 0.6) is 5.75 Å². The van der Waals surface area contributed by atoms with Crippen molar-refractivity contribution >= 4 is 11.3 Å². The predicted octanol–water partition coefficient (Wildman–Crippen LogP) is 4.42. The summed E-state index contributed by atoms with van der Waals surface area (Å²) in [5, 5.41) is 23.8. The van der Waals surface area contributed by atoms with Crippen LogP contribution < -0.4 is 10.1 Å². The monoisotopic (exact) mass is 445 g/mol. The van der Waals surface area contributed by atoms with Crippen molar-refractivity contribution in [3.63, 3.8) is 0 Å². The van der Waals surface area contributed by atoms with Gasteiger partial charge in [-0.15, -0.1) is 10.2 Å². The van der Waals surface area contributed by atoms with E-state index in [1.54, 1.807) is 11.3 Å². The summed E-state index contributed by atoms with van der Waals surface area (Å²) in [5.74, 6) is 0.607. The molecule has 1 fully saturated rings. The highest BCUT2D eigenvalue weighted by Gasteiger charge is 2.30. The lowest BCUT2D eigenvalue weighted by atomic mass is 10.0. The lowest BCUT2D eigenvalue weighted by molar-refractivity contribution is 0.173. The van der Waals surface area contributed by atoms with E-state index in [2.05, 4.69) is 44.7 Å². The molecule has 1 saturated heterocycles. The van der Waals surface area contributed by atoms with E-state index >= 15 is 0 Å². The van der Waals surface area contributed by atoms with Crippen LogP contribution in [0.25, 0.3) is 21.1 Å². The lowest BCUT2D eigenvalue weighted by Gasteiger charge is -2.33. The Labute approximate surface area is 192 Å². The minimum atomic E-state index is 0.0197. The average molecular weight is 446 g/mol. The molecule has 5 rings (SSSR count). The summed E-state index contributed by atoms with van der Waals surface area (Å²) in [6.45, 7) is 8.26. The molecule has 0 spiro atoms. The summed E-state index contributed by atoms with van der Waals surface area (Å²) in [6.07, 6.45) is 2.27. The van der Waals surface area contributed by atoms with Gasteiger partial charge in [0.25, 0.3) is 0 Å². The molecule has 1 unspecified atom stereocenters. The number of hydrogen-bond donors (Lipinski definition) is 1. The number of ether oxygens (including phenoxy) is 1. The third-order valence-electron chi connectivity index (χ3n) is 6.20. The van der Waals surface area contributed by atoms with E-state index in [9.17, 15) is 5.26 Å². The van der Waals surface area contributed by atoms with Crippen LogP contribution >= 0.6 is 11.3 Å². The normalized spacial score (nSPS) is 18.5. The number of aromatic nitrogens is 2. The molecule has 0 radical (unpaired) electrons. The molecule has 164 valence electrons. The molecular weight excluding hydrogens is 418 g/mol. The van der Waals surface area contributed by atoms with Crippen LogP contribution in [-0.2, 0) is 6.42 Å². The summed E-state index contributed by atoms with van der Waals surface area (Å²) in [5.41, 5.74) is 5.48. The third-order valence-corrected chi connectivity index (χ3v) is 7.20. The number of piperazine rings is 1. The van der Waals surface area contributed by atoms with Gasteiger partial charge in [0.2, 0.25) is 0 Å². The standard InChI is InChI=1S/C25H27N5OS/c1-16(2)31-23-9-6-17(14-18(23)15-26)24-28-29-25(32-24)21-5-3-4-20-19(21)7-8-22(20)30-12-10-27-11-13-30/h3-6,9,14,16,22,27H,7-8,10-13H2,1-2H3. The SMILES string of the molecule is CC(C)Oc1ccc(-c2nnc(-c3cccc4c3CCC4N3CCNCC3)s2)cc1C#N. The van der Waals surface area contributed by atoms with Crippen LogP contribution in [0.15, 0.2) is 36.4 Å². The Balaban J connectivity index is 1.44. The zero-order valence-corrected chi connectivity index (χ0v) is 19.3. The summed E-state index contributed by atoms with van der Waals surface area (Å²) in [6, 6.07) is 15.0. The van der Waals surface area contributed by atoms with Crippen LogP contribution in [0.3, 0.4) is 0 Å². The Morgan fingerprint density at radius 1 is 1.16 bits per heavy atom. The minimum Gasteiger partial charge on any atom is -0.490 e. The molecule has 3 aromatic rings. The highest BCUT2D eigenvalue weighted by molar-refractivity contribution is 7.17. The molecule has 1 aliphatic heterocycles. The second kappa shape index (κ2) is 8.99. The van der Waals surface area contributed by atoms with Gasteiger partial charge in [-0.2, -0.15) is 5.26 Å². The molecule has 1 atom stereocenters. The van der Waals surface area contributed by atoms with Crippen LogP contribution in [0.2, 0.25) is 0 Å². The first-order valence-electron chi connectivity index (χ1n) is 11.3. The van der Waals surface area contributed by atoms with Crippen molar-refractivity contribution in [3.8, 4) is 33.0 Å².